The Morgan fingerprint density at radius 3 is 2.53 bits per heavy atom. The maximum absolute atomic E-state index is 11.7. The molecule has 2 rings (SSSR count). The lowest BCUT2D eigenvalue weighted by Gasteiger charge is -2.30. The third kappa shape index (κ3) is 1.48. The Hall–Kier alpha value is -1.51. The largest absolute Gasteiger partial charge is 0.479 e. The van der Waals surface area contributed by atoms with Crippen LogP contribution in [0.15, 0.2) is 12.1 Å². The Bertz CT molecular complexity index is 426. The first-order valence-electron chi connectivity index (χ1n) is 5.06. The van der Waals surface area contributed by atoms with Crippen LogP contribution in [0.2, 0.25) is 0 Å². The summed E-state index contributed by atoms with van der Waals surface area (Å²) >= 11 is 0. The summed E-state index contributed by atoms with van der Waals surface area (Å²) in [5, 5.41) is 0. The Labute approximate surface area is 89.7 Å². The molecule has 1 atom stereocenters. The average molecular weight is 205 g/mol. The van der Waals surface area contributed by atoms with E-state index in [0.29, 0.717) is 0 Å². The third-order valence-electron chi connectivity index (χ3n) is 2.92. The molecule has 1 aliphatic heterocycles. The van der Waals surface area contributed by atoms with Gasteiger partial charge in [0.25, 0.3) is 5.91 Å². The fraction of sp³-hybridized carbons (Fsp3) is 0.417. The minimum atomic E-state index is -0.385. The van der Waals surface area contributed by atoms with E-state index in [9.17, 15) is 4.79 Å². The van der Waals surface area contributed by atoms with Gasteiger partial charge in [0, 0.05) is 7.05 Å². The first kappa shape index (κ1) is 10.0. The molecule has 0 saturated carbocycles. The van der Waals surface area contributed by atoms with Crippen molar-refractivity contribution in [3.8, 4) is 5.75 Å². The van der Waals surface area contributed by atoms with Crippen LogP contribution < -0.4 is 9.64 Å². The molecule has 1 heterocycles. The summed E-state index contributed by atoms with van der Waals surface area (Å²) < 4.78 is 5.56. The van der Waals surface area contributed by atoms with Crippen LogP contribution in [-0.4, -0.2) is 19.1 Å². The van der Waals surface area contributed by atoms with Crippen molar-refractivity contribution in [2.24, 2.45) is 0 Å². The Balaban J connectivity index is 2.56. The minimum Gasteiger partial charge on any atom is -0.479 e. The van der Waals surface area contributed by atoms with Crippen molar-refractivity contribution in [2.75, 3.05) is 11.9 Å². The number of fused-ring (bicyclic) bond motifs is 1. The molecule has 0 saturated heterocycles. The van der Waals surface area contributed by atoms with E-state index in [1.165, 1.54) is 11.1 Å². The lowest BCUT2D eigenvalue weighted by molar-refractivity contribution is -0.125. The number of likely N-dealkylation sites (N-methyl/N-ethyl adjacent to an activating group) is 1. The predicted octanol–water partition coefficient (Wildman–Crippen LogP) is 2.05. The van der Waals surface area contributed by atoms with E-state index in [-0.39, 0.29) is 12.0 Å². The highest BCUT2D eigenvalue weighted by Gasteiger charge is 2.28. The molecule has 3 heteroatoms. The molecule has 0 N–H and O–H groups in total. The first-order chi connectivity index (χ1) is 7.00. The summed E-state index contributed by atoms with van der Waals surface area (Å²) in [6.45, 7) is 5.85. The standard InChI is InChI=1S/C12H15NO2/c1-7-5-10-11(6-8(7)2)15-9(3)12(14)13(10)4/h5-6,9H,1-4H3. The fourth-order valence-corrected chi connectivity index (χ4v) is 1.76. The number of benzene rings is 1. The van der Waals surface area contributed by atoms with E-state index in [1.54, 1.807) is 18.9 Å². The van der Waals surface area contributed by atoms with Crippen LogP contribution in [0.4, 0.5) is 5.69 Å². The lowest BCUT2D eigenvalue weighted by atomic mass is 10.1. The smallest absolute Gasteiger partial charge is 0.267 e. The van der Waals surface area contributed by atoms with Gasteiger partial charge in [-0.2, -0.15) is 0 Å². The van der Waals surface area contributed by atoms with Crippen molar-refractivity contribution >= 4 is 11.6 Å². The van der Waals surface area contributed by atoms with Crippen LogP contribution >= 0.6 is 0 Å². The van der Waals surface area contributed by atoms with Crippen LogP contribution in [0.1, 0.15) is 18.1 Å². The molecule has 0 radical (unpaired) electrons. The fourth-order valence-electron chi connectivity index (χ4n) is 1.76. The van der Waals surface area contributed by atoms with Crippen molar-refractivity contribution < 1.29 is 9.53 Å². The molecule has 0 aliphatic carbocycles. The Morgan fingerprint density at radius 2 is 1.87 bits per heavy atom. The van der Waals surface area contributed by atoms with Gasteiger partial charge in [-0.3, -0.25) is 4.79 Å². The van der Waals surface area contributed by atoms with Crippen LogP contribution in [0.25, 0.3) is 0 Å². The van der Waals surface area contributed by atoms with Crippen molar-refractivity contribution in [3.63, 3.8) is 0 Å². The lowest BCUT2D eigenvalue weighted by Crippen LogP contribution is -2.42. The molecule has 0 fully saturated rings. The number of hydrogen-bond donors (Lipinski definition) is 0. The van der Waals surface area contributed by atoms with Gasteiger partial charge in [0.15, 0.2) is 6.10 Å². The van der Waals surface area contributed by atoms with Crippen molar-refractivity contribution in [3.05, 3.63) is 23.3 Å². The van der Waals surface area contributed by atoms with E-state index in [1.807, 2.05) is 26.0 Å². The second-order valence-corrected chi connectivity index (χ2v) is 4.06. The molecule has 0 spiro atoms. The van der Waals surface area contributed by atoms with Crippen LogP contribution in [0, 0.1) is 13.8 Å². The zero-order chi connectivity index (χ0) is 11.2. The summed E-state index contributed by atoms with van der Waals surface area (Å²) in [4.78, 5) is 13.3. The number of aryl methyl sites for hydroxylation is 2. The zero-order valence-corrected chi connectivity index (χ0v) is 9.50. The third-order valence-corrected chi connectivity index (χ3v) is 2.92. The topological polar surface area (TPSA) is 29.5 Å². The number of carbonyl (C=O) groups excluding carboxylic acids is 1. The van der Waals surface area contributed by atoms with Gasteiger partial charge < -0.3 is 9.64 Å². The van der Waals surface area contributed by atoms with Gasteiger partial charge in [-0.25, -0.2) is 0 Å². The molecule has 1 unspecified atom stereocenters. The summed E-state index contributed by atoms with van der Waals surface area (Å²) in [6.07, 6.45) is -0.385. The van der Waals surface area contributed by atoms with Crippen molar-refractivity contribution in [2.45, 2.75) is 26.9 Å². The van der Waals surface area contributed by atoms with E-state index in [4.69, 9.17) is 4.74 Å². The van der Waals surface area contributed by atoms with Gasteiger partial charge in [-0.05, 0) is 44.0 Å². The molecular formula is C12H15NO2. The van der Waals surface area contributed by atoms with Crippen molar-refractivity contribution in [1.82, 2.24) is 0 Å². The first-order valence-corrected chi connectivity index (χ1v) is 5.06. The van der Waals surface area contributed by atoms with Crippen molar-refractivity contribution in [1.29, 1.82) is 0 Å². The molecule has 1 aliphatic rings. The highest BCUT2D eigenvalue weighted by Crippen LogP contribution is 2.35. The molecule has 1 aromatic rings. The van der Waals surface area contributed by atoms with Gasteiger partial charge in [0.2, 0.25) is 0 Å². The molecule has 3 nitrogen and oxygen atoms in total. The molecule has 0 bridgehead atoms. The molecular weight excluding hydrogens is 190 g/mol. The van der Waals surface area contributed by atoms with Crippen LogP contribution in [-0.2, 0) is 4.79 Å². The second kappa shape index (κ2) is 3.26. The highest BCUT2D eigenvalue weighted by atomic mass is 16.5. The summed E-state index contributed by atoms with van der Waals surface area (Å²) in [7, 11) is 1.79. The normalized spacial score (nSPS) is 19.9. The predicted molar refractivity (Wildman–Crippen MR) is 59.4 cm³/mol. The van der Waals surface area contributed by atoms with Crippen LogP contribution in [0.3, 0.4) is 0 Å². The number of anilines is 1. The maximum atomic E-state index is 11.7. The van der Waals surface area contributed by atoms with E-state index in [0.717, 1.165) is 11.4 Å². The monoisotopic (exact) mass is 205 g/mol. The Kier molecular flexibility index (Phi) is 2.18. The molecule has 1 amide bonds. The summed E-state index contributed by atoms with van der Waals surface area (Å²) in [5.41, 5.74) is 3.22. The molecule has 15 heavy (non-hydrogen) atoms. The zero-order valence-electron chi connectivity index (χ0n) is 9.50. The number of nitrogens with zero attached hydrogens (tertiary/aromatic N) is 1. The maximum Gasteiger partial charge on any atom is 0.267 e. The van der Waals surface area contributed by atoms with E-state index in [2.05, 4.69) is 0 Å². The second-order valence-electron chi connectivity index (χ2n) is 4.06. The number of carbonyl (C=O) groups is 1. The summed E-state index contributed by atoms with van der Waals surface area (Å²) in [6, 6.07) is 3.98. The average Bonchev–Trinajstić information content (AvgIpc) is 2.19. The SMILES string of the molecule is Cc1cc2c(cc1C)N(C)C(=O)C(C)O2. The van der Waals surface area contributed by atoms with Gasteiger partial charge >= 0.3 is 0 Å². The minimum absolute atomic E-state index is 0.00533. The van der Waals surface area contributed by atoms with Gasteiger partial charge in [0.05, 0.1) is 5.69 Å². The number of ether oxygens (including phenoxy) is 1. The Morgan fingerprint density at radius 1 is 1.27 bits per heavy atom. The molecule has 1 aromatic carbocycles. The van der Waals surface area contributed by atoms with Crippen LogP contribution in [0.5, 0.6) is 5.75 Å². The molecule has 0 aromatic heterocycles. The number of amides is 1. The van der Waals surface area contributed by atoms with Gasteiger partial charge in [-0.15, -0.1) is 0 Å². The van der Waals surface area contributed by atoms with E-state index >= 15 is 0 Å². The van der Waals surface area contributed by atoms with Gasteiger partial charge in [-0.1, -0.05) is 0 Å². The number of hydrogen-bond acceptors (Lipinski definition) is 2. The quantitative estimate of drug-likeness (QED) is 0.648. The summed E-state index contributed by atoms with van der Waals surface area (Å²) in [5.74, 6) is 0.804. The molecule has 80 valence electrons. The van der Waals surface area contributed by atoms with E-state index < -0.39 is 0 Å². The van der Waals surface area contributed by atoms with Gasteiger partial charge in [0.1, 0.15) is 5.75 Å². The highest BCUT2D eigenvalue weighted by molar-refractivity contribution is 5.99. The number of rotatable bonds is 0.